The summed E-state index contributed by atoms with van der Waals surface area (Å²) < 4.78 is 1.91. The number of hydrogen-bond acceptors (Lipinski definition) is 3. The number of nitrogens with zero attached hydrogens (tertiary/aromatic N) is 3. The molecule has 0 aliphatic carbocycles. The Bertz CT molecular complexity index is 598. The minimum absolute atomic E-state index is 0.403. The number of aryl methyl sites for hydroxylation is 1. The maximum Gasteiger partial charge on any atom is 0.312 e. The summed E-state index contributed by atoms with van der Waals surface area (Å²) in [7, 11) is 0. The van der Waals surface area contributed by atoms with Gasteiger partial charge in [0.05, 0.1) is 5.02 Å². The molecule has 2 rings (SSSR count). The van der Waals surface area contributed by atoms with Crippen LogP contribution >= 0.6 is 23.2 Å². The van der Waals surface area contributed by atoms with Crippen LogP contribution in [0.5, 0.6) is 0 Å². The number of pyridine rings is 1. The first-order valence-electron chi connectivity index (χ1n) is 5.71. The fourth-order valence-electron chi connectivity index (χ4n) is 1.83. The highest BCUT2D eigenvalue weighted by atomic mass is 35.5. The molecule has 102 valence electrons. The summed E-state index contributed by atoms with van der Waals surface area (Å²) >= 11 is 11.7. The number of carbonyl (C=O) groups is 1. The number of aromatic nitrogens is 3. The Hall–Kier alpha value is -1.53. The molecule has 0 atom stereocenters. The van der Waals surface area contributed by atoms with Crippen molar-refractivity contribution >= 4 is 40.4 Å². The van der Waals surface area contributed by atoms with Crippen molar-refractivity contribution in [2.24, 2.45) is 5.73 Å². The van der Waals surface area contributed by atoms with E-state index in [-0.39, 0.29) is 0 Å². The molecule has 0 spiro atoms. The predicted molar refractivity (Wildman–Crippen MR) is 74.5 cm³/mol. The number of rotatable bonds is 5. The van der Waals surface area contributed by atoms with Gasteiger partial charge in [-0.15, -0.1) is 11.6 Å². The minimum Gasteiger partial charge on any atom is -0.352 e. The lowest BCUT2D eigenvalue weighted by Crippen LogP contribution is -2.32. The van der Waals surface area contributed by atoms with E-state index in [9.17, 15) is 4.79 Å². The van der Waals surface area contributed by atoms with E-state index in [1.807, 2.05) is 4.57 Å². The summed E-state index contributed by atoms with van der Waals surface area (Å²) in [5.74, 6) is 1.27. The van der Waals surface area contributed by atoms with E-state index in [1.165, 1.54) is 0 Å². The standard InChI is InChI=1S/C11H13Cl2N5O/c12-2-1-9-17-8-5-7(13)6-16-10(8)18(9)4-3-15-11(14)19/h5-6H,1-4H2,(H3,14,15,19). The Kier molecular flexibility index (Phi) is 4.44. The van der Waals surface area contributed by atoms with Gasteiger partial charge in [0.25, 0.3) is 0 Å². The Morgan fingerprint density at radius 2 is 2.32 bits per heavy atom. The van der Waals surface area contributed by atoms with Gasteiger partial charge >= 0.3 is 6.03 Å². The Balaban J connectivity index is 2.31. The molecular formula is C11H13Cl2N5O. The van der Waals surface area contributed by atoms with Crippen LogP contribution in [0.2, 0.25) is 5.02 Å². The van der Waals surface area contributed by atoms with Crippen LogP contribution in [0.15, 0.2) is 12.3 Å². The lowest BCUT2D eigenvalue weighted by molar-refractivity contribution is 0.248. The van der Waals surface area contributed by atoms with Crippen LogP contribution in [-0.4, -0.2) is 33.0 Å². The van der Waals surface area contributed by atoms with Crippen LogP contribution < -0.4 is 11.1 Å². The van der Waals surface area contributed by atoms with Crippen molar-refractivity contribution in [3.63, 3.8) is 0 Å². The van der Waals surface area contributed by atoms with Gasteiger partial charge in [0, 0.05) is 31.6 Å². The number of primary amides is 1. The molecule has 0 aliphatic heterocycles. The third-order valence-electron chi connectivity index (χ3n) is 2.58. The molecular weight excluding hydrogens is 289 g/mol. The molecule has 0 saturated carbocycles. The number of alkyl halides is 1. The van der Waals surface area contributed by atoms with Crippen LogP contribution in [0.1, 0.15) is 5.82 Å². The molecule has 2 aromatic heterocycles. The first-order valence-corrected chi connectivity index (χ1v) is 6.63. The van der Waals surface area contributed by atoms with Crippen molar-refractivity contribution < 1.29 is 4.79 Å². The third kappa shape index (κ3) is 3.27. The number of imidazole rings is 1. The number of urea groups is 1. The summed E-state index contributed by atoms with van der Waals surface area (Å²) in [6, 6.07) is 1.19. The molecule has 2 amide bonds. The molecule has 0 radical (unpaired) electrons. The third-order valence-corrected chi connectivity index (χ3v) is 2.98. The summed E-state index contributed by atoms with van der Waals surface area (Å²) in [6.45, 7) is 0.931. The van der Waals surface area contributed by atoms with Gasteiger partial charge in [0.2, 0.25) is 0 Å². The first-order chi connectivity index (χ1) is 9.11. The summed E-state index contributed by atoms with van der Waals surface area (Å²) in [5, 5.41) is 3.06. The number of nitrogens with one attached hydrogen (secondary N) is 1. The van der Waals surface area contributed by atoms with Crippen molar-refractivity contribution in [2.75, 3.05) is 12.4 Å². The fraction of sp³-hybridized carbons (Fsp3) is 0.364. The second kappa shape index (κ2) is 6.08. The van der Waals surface area contributed by atoms with Gasteiger partial charge in [-0.1, -0.05) is 11.6 Å². The van der Waals surface area contributed by atoms with Gasteiger partial charge in [-0.3, -0.25) is 0 Å². The smallest absolute Gasteiger partial charge is 0.312 e. The molecule has 0 fully saturated rings. The summed E-state index contributed by atoms with van der Waals surface area (Å²) in [6.07, 6.45) is 2.18. The molecule has 8 heteroatoms. The number of fused-ring (bicyclic) bond motifs is 1. The van der Waals surface area contributed by atoms with E-state index in [4.69, 9.17) is 28.9 Å². The van der Waals surface area contributed by atoms with Crippen molar-refractivity contribution in [1.82, 2.24) is 19.9 Å². The Morgan fingerprint density at radius 3 is 3.00 bits per heavy atom. The summed E-state index contributed by atoms with van der Waals surface area (Å²) in [4.78, 5) is 19.4. The SMILES string of the molecule is NC(=O)NCCn1c(CCCl)nc2cc(Cl)cnc21. The van der Waals surface area contributed by atoms with Crippen LogP contribution in [0.3, 0.4) is 0 Å². The van der Waals surface area contributed by atoms with Crippen LogP contribution in [-0.2, 0) is 13.0 Å². The first kappa shape index (κ1) is 13.9. The predicted octanol–water partition coefficient (Wildman–Crippen LogP) is 1.53. The van der Waals surface area contributed by atoms with E-state index < -0.39 is 6.03 Å². The normalized spacial score (nSPS) is 10.8. The van der Waals surface area contributed by atoms with Crippen LogP contribution in [0.25, 0.3) is 11.2 Å². The maximum absolute atomic E-state index is 10.7. The molecule has 2 aromatic rings. The quantitative estimate of drug-likeness (QED) is 0.821. The molecule has 19 heavy (non-hydrogen) atoms. The van der Waals surface area contributed by atoms with Crippen molar-refractivity contribution in [2.45, 2.75) is 13.0 Å². The molecule has 0 unspecified atom stereocenters. The second-order valence-electron chi connectivity index (χ2n) is 3.91. The van der Waals surface area contributed by atoms with Crippen LogP contribution in [0, 0.1) is 0 Å². The summed E-state index contributed by atoms with van der Waals surface area (Å²) in [5.41, 5.74) is 6.46. The molecule has 0 aliphatic rings. The average Bonchev–Trinajstić information content (AvgIpc) is 2.66. The van der Waals surface area contributed by atoms with Gasteiger partial charge in [0.1, 0.15) is 11.3 Å². The zero-order valence-electron chi connectivity index (χ0n) is 10.1. The van der Waals surface area contributed by atoms with Gasteiger partial charge in [-0.25, -0.2) is 14.8 Å². The Morgan fingerprint density at radius 1 is 1.53 bits per heavy atom. The monoisotopic (exact) mass is 301 g/mol. The molecule has 2 heterocycles. The molecule has 0 bridgehead atoms. The Labute approximate surface area is 119 Å². The van der Waals surface area contributed by atoms with E-state index in [2.05, 4.69) is 15.3 Å². The highest BCUT2D eigenvalue weighted by molar-refractivity contribution is 6.31. The fourth-order valence-corrected chi connectivity index (χ4v) is 2.16. The minimum atomic E-state index is -0.556. The number of hydrogen-bond donors (Lipinski definition) is 2. The molecule has 3 N–H and O–H groups in total. The number of halogens is 2. The van der Waals surface area contributed by atoms with E-state index in [0.717, 1.165) is 11.5 Å². The topological polar surface area (TPSA) is 85.8 Å². The van der Waals surface area contributed by atoms with Crippen molar-refractivity contribution in [3.05, 3.63) is 23.1 Å². The molecule has 0 aromatic carbocycles. The van der Waals surface area contributed by atoms with Crippen molar-refractivity contribution in [3.8, 4) is 0 Å². The van der Waals surface area contributed by atoms with E-state index in [0.29, 0.717) is 35.9 Å². The lowest BCUT2D eigenvalue weighted by atomic mass is 10.4. The molecule has 6 nitrogen and oxygen atoms in total. The maximum atomic E-state index is 10.7. The van der Waals surface area contributed by atoms with Crippen LogP contribution in [0.4, 0.5) is 4.79 Å². The highest BCUT2D eigenvalue weighted by Crippen LogP contribution is 2.18. The van der Waals surface area contributed by atoms with Gasteiger partial charge in [-0.05, 0) is 6.07 Å². The highest BCUT2D eigenvalue weighted by Gasteiger charge is 2.11. The van der Waals surface area contributed by atoms with Crippen molar-refractivity contribution in [1.29, 1.82) is 0 Å². The number of amides is 2. The largest absolute Gasteiger partial charge is 0.352 e. The number of nitrogens with two attached hydrogens (primary N) is 1. The average molecular weight is 302 g/mol. The molecule has 0 saturated heterocycles. The van der Waals surface area contributed by atoms with E-state index >= 15 is 0 Å². The zero-order valence-corrected chi connectivity index (χ0v) is 11.6. The lowest BCUT2D eigenvalue weighted by Gasteiger charge is -2.07. The van der Waals surface area contributed by atoms with Gasteiger partial charge in [0.15, 0.2) is 5.65 Å². The van der Waals surface area contributed by atoms with E-state index in [1.54, 1.807) is 12.3 Å². The zero-order chi connectivity index (χ0) is 13.8. The van der Waals surface area contributed by atoms with Gasteiger partial charge in [-0.2, -0.15) is 0 Å². The van der Waals surface area contributed by atoms with Gasteiger partial charge < -0.3 is 15.6 Å². The number of carbonyl (C=O) groups excluding carboxylic acids is 1. The second-order valence-corrected chi connectivity index (χ2v) is 4.72.